The molecule has 2 aliphatic heterocycles. The first-order chi connectivity index (χ1) is 21.2. The lowest BCUT2D eigenvalue weighted by molar-refractivity contribution is 0.477. The topological polar surface area (TPSA) is 77.6 Å². The fourth-order valence-electron chi connectivity index (χ4n) is 5.92. The molecular weight excluding hydrogens is 528 g/mol. The number of fused-ring (bicyclic) bond motifs is 8. The molecule has 5 nitrogen and oxygen atoms in total. The predicted molar refractivity (Wildman–Crippen MR) is 177 cm³/mol. The van der Waals surface area contributed by atoms with Crippen LogP contribution in [0.25, 0.3) is 79.8 Å². The average Bonchev–Trinajstić information content (AvgIpc) is 3.88. The molecule has 0 saturated carbocycles. The quantitative estimate of drug-likeness (QED) is 0.204. The van der Waals surface area contributed by atoms with Crippen LogP contribution in [0.2, 0.25) is 0 Å². The van der Waals surface area contributed by atoms with Gasteiger partial charge in [-0.05, 0) is 65.3 Å². The van der Waals surface area contributed by atoms with Crippen LogP contribution >= 0.6 is 0 Å². The summed E-state index contributed by atoms with van der Waals surface area (Å²) in [4.78, 5) is 17.3. The molecule has 43 heavy (non-hydrogen) atoms. The molecule has 0 atom stereocenters. The van der Waals surface area contributed by atoms with Crippen LogP contribution in [0, 0.1) is 0 Å². The first kappa shape index (κ1) is 24.8. The number of rotatable bonds is 3. The number of hydrogen-bond donors (Lipinski definition) is 3. The first-order valence-corrected chi connectivity index (χ1v) is 14.2. The lowest BCUT2D eigenvalue weighted by Gasteiger charge is -2.06. The number of nitrogens with zero attached hydrogens (tertiary/aromatic N) is 2. The minimum atomic E-state index is 0.0902. The summed E-state index contributed by atoms with van der Waals surface area (Å²) in [6, 6.07) is 38.9. The van der Waals surface area contributed by atoms with Crippen molar-refractivity contribution in [2.24, 2.45) is 0 Å². The van der Waals surface area contributed by atoms with Gasteiger partial charge in [-0.25, -0.2) is 9.97 Å². The maximum absolute atomic E-state index is 11.4. The maximum atomic E-state index is 11.4. The second-order valence-corrected chi connectivity index (χ2v) is 10.6. The summed E-state index contributed by atoms with van der Waals surface area (Å²) in [6.07, 6.45) is 7.98. The Morgan fingerprint density at radius 2 is 0.698 bits per heavy atom. The normalized spacial score (nSPS) is 12.1. The second kappa shape index (κ2) is 10.2. The number of hydrogen-bond acceptors (Lipinski definition) is 3. The zero-order valence-corrected chi connectivity index (χ0v) is 23.1. The van der Waals surface area contributed by atoms with Gasteiger partial charge in [-0.1, -0.05) is 91.0 Å². The van der Waals surface area contributed by atoms with Gasteiger partial charge < -0.3 is 15.1 Å². The molecule has 8 rings (SSSR count). The molecule has 8 bridgehead atoms. The molecule has 0 spiro atoms. The fraction of sp³-hybridized carbons (Fsp3) is 0. The molecule has 0 amide bonds. The largest absolute Gasteiger partial charge is 0.504 e. The lowest BCUT2D eigenvalue weighted by atomic mass is 10.0. The van der Waals surface area contributed by atoms with Gasteiger partial charge in [0.05, 0.1) is 22.6 Å². The van der Waals surface area contributed by atoms with Gasteiger partial charge in [-0.15, -0.1) is 0 Å². The Labute approximate surface area is 248 Å². The molecule has 5 heterocycles. The summed E-state index contributed by atoms with van der Waals surface area (Å²) < 4.78 is 0. The molecule has 0 fully saturated rings. The Bertz CT molecular complexity index is 2190. The molecule has 2 aliphatic rings. The first-order valence-electron chi connectivity index (χ1n) is 14.2. The molecule has 0 unspecified atom stereocenters. The minimum Gasteiger partial charge on any atom is -0.504 e. The second-order valence-electron chi connectivity index (χ2n) is 10.6. The van der Waals surface area contributed by atoms with Crippen molar-refractivity contribution in [1.82, 2.24) is 19.9 Å². The van der Waals surface area contributed by atoms with E-state index in [1.807, 2.05) is 66.7 Å². The van der Waals surface area contributed by atoms with E-state index in [4.69, 9.17) is 9.97 Å². The number of H-pyrrole nitrogens is 2. The number of nitrogens with one attached hydrogen (secondary N) is 2. The molecule has 3 N–H and O–H groups in total. The summed E-state index contributed by atoms with van der Waals surface area (Å²) in [6.45, 7) is 0. The zero-order valence-electron chi connectivity index (χ0n) is 23.1. The van der Waals surface area contributed by atoms with Crippen LogP contribution in [0.5, 0.6) is 5.75 Å². The van der Waals surface area contributed by atoms with Crippen molar-refractivity contribution in [3.05, 3.63) is 138 Å². The summed E-state index contributed by atoms with van der Waals surface area (Å²) >= 11 is 0. The van der Waals surface area contributed by atoms with E-state index in [0.717, 1.165) is 67.0 Å². The third kappa shape index (κ3) is 4.35. The van der Waals surface area contributed by atoms with E-state index in [2.05, 4.69) is 82.8 Å². The van der Waals surface area contributed by atoms with Crippen molar-refractivity contribution < 1.29 is 5.11 Å². The van der Waals surface area contributed by atoms with Crippen LogP contribution in [0.4, 0.5) is 0 Å². The molecule has 0 aliphatic carbocycles. The number of aromatic hydroxyl groups is 1. The van der Waals surface area contributed by atoms with Crippen LogP contribution < -0.4 is 0 Å². The molecule has 3 aromatic carbocycles. The number of benzene rings is 3. The van der Waals surface area contributed by atoms with Crippen molar-refractivity contribution in [3.63, 3.8) is 0 Å². The summed E-state index contributed by atoms with van der Waals surface area (Å²) in [7, 11) is 0. The Kier molecular flexibility index (Phi) is 5.86. The van der Waals surface area contributed by atoms with Gasteiger partial charge in [0.15, 0.2) is 5.75 Å². The Balaban J connectivity index is 1.56. The van der Waals surface area contributed by atoms with Gasteiger partial charge >= 0.3 is 0 Å². The summed E-state index contributed by atoms with van der Waals surface area (Å²) in [5.74, 6) is 0.0902. The van der Waals surface area contributed by atoms with Gasteiger partial charge in [0.2, 0.25) is 0 Å². The monoisotopic (exact) mass is 554 g/mol. The van der Waals surface area contributed by atoms with Gasteiger partial charge in [0.25, 0.3) is 0 Å². The van der Waals surface area contributed by atoms with E-state index in [1.165, 1.54) is 0 Å². The van der Waals surface area contributed by atoms with E-state index in [9.17, 15) is 5.11 Å². The highest BCUT2D eigenvalue weighted by molar-refractivity contribution is 5.98. The van der Waals surface area contributed by atoms with Crippen molar-refractivity contribution in [1.29, 1.82) is 0 Å². The highest BCUT2D eigenvalue weighted by Crippen LogP contribution is 2.37. The summed E-state index contributed by atoms with van der Waals surface area (Å²) in [5, 5.41) is 11.4. The van der Waals surface area contributed by atoms with E-state index in [0.29, 0.717) is 11.2 Å². The Morgan fingerprint density at radius 1 is 0.372 bits per heavy atom. The average molecular weight is 555 g/mol. The highest BCUT2D eigenvalue weighted by Gasteiger charge is 2.17. The molecule has 3 aromatic heterocycles. The third-order valence-electron chi connectivity index (χ3n) is 7.91. The molecule has 0 saturated heterocycles. The summed E-state index contributed by atoms with van der Waals surface area (Å²) in [5.41, 5.74) is 12.4. The van der Waals surface area contributed by atoms with Gasteiger partial charge in [-0.3, -0.25) is 0 Å². The maximum Gasteiger partial charge on any atom is 0.165 e. The van der Waals surface area contributed by atoms with Crippen LogP contribution in [0.3, 0.4) is 0 Å². The molecule has 5 heteroatoms. The molecule has 6 aromatic rings. The van der Waals surface area contributed by atoms with Crippen LogP contribution in [0.15, 0.2) is 115 Å². The zero-order chi connectivity index (χ0) is 28.8. The van der Waals surface area contributed by atoms with Crippen molar-refractivity contribution in [3.8, 4) is 39.1 Å². The molecule has 0 radical (unpaired) electrons. The van der Waals surface area contributed by atoms with Crippen LogP contribution in [-0.2, 0) is 0 Å². The fourth-order valence-corrected chi connectivity index (χ4v) is 5.92. The van der Waals surface area contributed by atoms with Crippen LogP contribution in [0.1, 0.15) is 22.8 Å². The molecule has 204 valence electrons. The van der Waals surface area contributed by atoms with Crippen molar-refractivity contribution >= 4 is 46.4 Å². The highest BCUT2D eigenvalue weighted by atomic mass is 16.3. The lowest BCUT2D eigenvalue weighted by Crippen LogP contribution is -1.88. The van der Waals surface area contributed by atoms with Gasteiger partial charge in [0, 0.05) is 33.2 Å². The van der Waals surface area contributed by atoms with E-state index < -0.39 is 0 Å². The SMILES string of the molecule is Oc1c2nc(c(-c3ccccc3)c3ccc([nH]3)c(-c3ccccc3)c3nc(c(-c4ccccc4)c4ccc1[nH]4)C=C3)C=C2. The third-order valence-corrected chi connectivity index (χ3v) is 7.91. The minimum absolute atomic E-state index is 0.0902. The Hall–Kier alpha value is -5.94. The Morgan fingerprint density at radius 3 is 1.12 bits per heavy atom. The standard InChI is InChI=1S/C38H26N4O/c43-38-33-22-20-31(41-33)36(25-12-6-2-7-13-25)29-18-16-27(39-29)35(24-10-4-1-5-11-24)28-17-19-30(40-28)37(26-14-8-3-9-15-26)32-21-23-34(38)42-32/h1-23,39,42-43H. The van der Waals surface area contributed by atoms with E-state index in [-0.39, 0.29) is 5.75 Å². The van der Waals surface area contributed by atoms with E-state index >= 15 is 0 Å². The predicted octanol–water partition coefficient (Wildman–Crippen LogP) is 9.36. The molecular formula is C38H26N4O. The number of aromatic nitrogens is 4. The van der Waals surface area contributed by atoms with Crippen molar-refractivity contribution in [2.75, 3.05) is 0 Å². The van der Waals surface area contributed by atoms with Crippen molar-refractivity contribution in [2.45, 2.75) is 0 Å². The smallest absolute Gasteiger partial charge is 0.165 e. The van der Waals surface area contributed by atoms with Crippen LogP contribution in [-0.4, -0.2) is 25.0 Å². The van der Waals surface area contributed by atoms with Gasteiger partial charge in [-0.2, -0.15) is 0 Å². The number of aromatic amines is 2. The van der Waals surface area contributed by atoms with Gasteiger partial charge in [0.1, 0.15) is 5.69 Å². The van der Waals surface area contributed by atoms with E-state index in [1.54, 1.807) is 0 Å².